The molecule has 3 aromatic rings. The van der Waals surface area contributed by atoms with E-state index in [4.69, 9.17) is 5.26 Å². The Kier molecular flexibility index (Phi) is 5.15. The van der Waals surface area contributed by atoms with E-state index in [1.165, 1.54) is 0 Å². The van der Waals surface area contributed by atoms with Gasteiger partial charge < -0.3 is 10.6 Å². The van der Waals surface area contributed by atoms with E-state index in [0.29, 0.717) is 29.4 Å². The molecule has 7 nitrogen and oxygen atoms in total. The number of rotatable bonds is 5. The molecule has 0 saturated heterocycles. The second-order valence-electron chi connectivity index (χ2n) is 5.58. The number of anilines is 2. The third-order valence-corrected chi connectivity index (χ3v) is 3.51. The lowest BCUT2D eigenvalue weighted by atomic mass is 10.2. The van der Waals surface area contributed by atoms with E-state index in [2.05, 4.69) is 31.7 Å². The molecule has 0 spiro atoms. The highest BCUT2D eigenvalue weighted by Gasteiger charge is 2.11. The van der Waals surface area contributed by atoms with E-state index >= 15 is 0 Å². The number of amides is 1. The maximum atomic E-state index is 12.4. The minimum atomic E-state index is -0.298. The lowest BCUT2D eigenvalue weighted by Crippen LogP contribution is -2.24. The molecule has 3 rings (SSSR count). The molecule has 0 aliphatic rings. The molecule has 0 fully saturated rings. The third kappa shape index (κ3) is 4.39. The molecule has 0 bridgehead atoms. The summed E-state index contributed by atoms with van der Waals surface area (Å²) >= 11 is 0. The van der Waals surface area contributed by atoms with Crippen LogP contribution in [0.3, 0.4) is 0 Å². The van der Waals surface area contributed by atoms with Crippen LogP contribution in [-0.2, 0) is 6.54 Å². The van der Waals surface area contributed by atoms with Crippen molar-refractivity contribution in [3.8, 4) is 6.07 Å². The minimum Gasteiger partial charge on any atom is -0.347 e. The number of hydrogen-bond donors (Lipinski definition) is 2. The molecule has 0 aliphatic heterocycles. The molecule has 7 heteroatoms. The second kappa shape index (κ2) is 7.85. The summed E-state index contributed by atoms with van der Waals surface area (Å²) in [5.41, 5.74) is 3.03. The molecule has 2 heterocycles. The third-order valence-electron chi connectivity index (χ3n) is 3.51. The van der Waals surface area contributed by atoms with Crippen LogP contribution in [0.2, 0.25) is 0 Å². The first-order valence-corrected chi connectivity index (χ1v) is 7.94. The lowest BCUT2D eigenvalue weighted by molar-refractivity contribution is 0.0945. The van der Waals surface area contributed by atoms with Crippen molar-refractivity contribution in [3.63, 3.8) is 0 Å². The first-order valence-electron chi connectivity index (χ1n) is 7.94. The van der Waals surface area contributed by atoms with Gasteiger partial charge >= 0.3 is 0 Å². The number of nitrogens with one attached hydrogen (secondary N) is 2. The van der Waals surface area contributed by atoms with Crippen molar-refractivity contribution in [2.45, 2.75) is 13.5 Å². The fourth-order valence-corrected chi connectivity index (χ4v) is 2.31. The first kappa shape index (κ1) is 17.0. The van der Waals surface area contributed by atoms with Gasteiger partial charge in [-0.25, -0.2) is 9.97 Å². The Morgan fingerprint density at radius 1 is 1.19 bits per heavy atom. The number of aromatic nitrogens is 3. The lowest BCUT2D eigenvalue weighted by Gasteiger charge is -2.09. The van der Waals surface area contributed by atoms with Crippen LogP contribution in [0.5, 0.6) is 0 Å². The van der Waals surface area contributed by atoms with Crippen LogP contribution in [0.25, 0.3) is 0 Å². The summed E-state index contributed by atoms with van der Waals surface area (Å²) in [5, 5.41) is 14.8. The molecule has 0 atom stereocenters. The summed E-state index contributed by atoms with van der Waals surface area (Å²) in [6, 6.07) is 14.4. The van der Waals surface area contributed by atoms with Gasteiger partial charge in [0, 0.05) is 30.3 Å². The Labute approximate surface area is 150 Å². The van der Waals surface area contributed by atoms with Crippen molar-refractivity contribution < 1.29 is 4.79 Å². The number of carbonyl (C=O) groups is 1. The zero-order valence-electron chi connectivity index (χ0n) is 14.1. The largest absolute Gasteiger partial charge is 0.347 e. The zero-order chi connectivity index (χ0) is 18.4. The Balaban J connectivity index is 1.74. The highest BCUT2D eigenvalue weighted by atomic mass is 16.1. The van der Waals surface area contributed by atoms with Crippen LogP contribution in [0.4, 0.5) is 11.6 Å². The van der Waals surface area contributed by atoms with Gasteiger partial charge in [0.15, 0.2) is 0 Å². The fraction of sp³-hybridized carbons (Fsp3) is 0.105. The molecule has 128 valence electrons. The maximum absolute atomic E-state index is 12.4. The van der Waals surface area contributed by atoms with E-state index < -0.39 is 0 Å². The van der Waals surface area contributed by atoms with Gasteiger partial charge in [0.2, 0.25) is 5.95 Å². The molecular weight excluding hydrogens is 328 g/mol. The normalized spacial score (nSPS) is 10.0. The number of pyridine rings is 1. The molecule has 1 amide bonds. The standard InChI is InChI=1S/C19H16N6O/c1-13-8-17(18(26)22-12-15-5-3-7-21-11-15)25-19(23-13)24-16-6-2-4-14(9-16)10-20/h2-9,11H,12H2,1H3,(H,22,26)(H,23,24,25). The van der Waals surface area contributed by atoms with Gasteiger partial charge in [-0.05, 0) is 42.8 Å². The van der Waals surface area contributed by atoms with E-state index in [-0.39, 0.29) is 11.6 Å². The van der Waals surface area contributed by atoms with Crippen LogP contribution in [0, 0.1) is 18.3 Å². The van der Waals surface area contributed by atoms with Gasteiger partial charge in [-0.1, -0.05) is 12.1 Å². The molecule has 0 aliphatic carbocycles. The summed E-state index contributed by atoms with van der Waals surface area (Å²) in [6.07, 6.45) is 3.37. The second-order valence-corrected chi connectivity index (χ2v) is 5.58. The summed E-state index contributed by atoms with van der Waals surface area (Å²) in [4.78, 5) is 25.0. The molecule has 0 unspecified atom stereocenters. The van der Waals surface area contributed by atoms with Crippen LogP contribution < -0.4 is 10.6 Å². The SMILES string of the molecule is Cc1cc(C(=O)NCc2cccnc2)nc(Nc2cccc(C#N)c2)n1. The van der Waals surface area contributed by atoms with Gasteiger partial charge in [-0.2, -0.15) is 5.26 Å². The molecule has 2 aromatic heterocycles. The van der Waals surface area contributed by atoms with E-state index in [1.54, 1.807) is 49.6 Å². The molecule has 26 heavy (non-hydrogen) atoms. The monoisotopic (exact) mass is 344 g/mol. The minimum absolute atomic E-state index is 0.264. The summed E-state index contributed by atoms with van der Waals surface area (Å²) in [5.74, 6) is -0.000189. The van der Waals surface area contributed by atoms with Crippen LogP contribution in [0.1, 0.15) is 27.3 Å². The topological polar surface area (TPSA) is 104 Å². The van der Waals surface area contributed by atoms with Crippen molar-refractivity contribution >= 4 is 17.5 Å². The van der Waals surface area contributed by atoms with Crippen molar-refractivity contribution in [3.05, 3.63) is 77.4 Å². The number of carbonyl (C=O) groups excluding carboxylic acids is 1. The van der Waals surface area contributed by atoms with Gasteiger partial charge in [0.25, 0.3) is 5.91 Å². The Bertz CT molecular complexity index is 965. The highest BCUT2D eigenvalue weighted by molar-refractivity contribution is 5.92. The maximum Gasteiger partial charge on any atom is 0.270 e. The highest BCUT2D eigenvalue weighted by Crippen LogP contribution is 2.15. The van der Waals surface area contributed by atoms with Crippen LogP contribution >= 0.6 is 0 Å². The molecule has 0 saturated carbocycles. The predicted octanol–water partition coefficient (Wildman–Crippen LogP) is 2.73. The van der Waals surface area contributed by atoms with Gasteiger partial charge in [0.1, 0.15) is 5.69 Å². The van der Waals surface area contributed by atoms with Gasteiger partial charge in [0.05, 0.1) is 11.6 Å². The summed E-state index contributed by atoms with van der Waals surface area (Å²) in [7, 11) is 0. The van der Waals surface area contributed by atoms with E-state index in [9.17, 15) is 4.79 Å². The van der Waals surface area contributed by atoms with Gasteiger partial charge in [-0.15, -0.1) is 0 Å². The number of hydrogen-bond acceptors (Lipinski definition) is 6. The van der Waals surface area contributed by atoms with Crippen molar-refractivity contribution in [1.29, 1.82) is 5.26 Å². The van der Waals surface area contributed by atoms with Crippen molar-refractivity contribution in [1.82, 2.24) is 20.3 Å². The Hall–Kier alpha value is -3.79. The number of nitrogens with zero attached hydrogens (tertiary/aromatic N) is 4. The number of benzene rings is 1. The average molecular weight is 344 g/mol. The van der Waals surface area contributed by atoms with E-state index in [0.717, 1.165) is 5.56 Å². The molecule has 1 aromatic carbocycles. The molecular formula is C19H16N6O. The average Bonchev–Trinajstić information content (AvgIpc) is 2.66. The summed E-state index contributed by atoms with van der Waals surface area (Å²) < 4.78 is 0. The predicted molar refractivity (Wildman–Crippen MR) is 96.6 cm³/mol. The van der Waals surface area contributed by atoms with Crippen LogP contribution in [-0.4, -0.2) is 20.9 Å². The molecule has 0 radical (unpaired) electrons. The quantitative estimate of drug-likeness (QED) is 0.737. The van der Waals surface area contributed by atoms with E-state index in [1.807, 2.05) is 12.1 Å². The van der Waals surface area contributed by atoms with Gasteiger partial charge in [-0.3, -0.25) is 9.78 Å². The van der Waals surface area contributed by atoms with Crippen LogP contribution in [0.15, 0.2) is 54.9 Å². The Morgan fingerprint density at radius 2 is 2.08 bits per heavy atom. The number of nitriles is 1. The number of aryl methyl sites for hydroxylation is 1. The smallest absolute Gasteiger partial charge is 0.270 e. The Morgan fingerprint density at radius 3 is 2.85 bits per heavy atom. The first-order chi connectivity index (χ1) is 12.6. The van der Waals surface area contributed by atoms with Crippen molar-refractivity contribution in [2.24, 2.45) is 0 Å². The fourth-order valence-electron chi connectivity index (χ4n) is 2.31. The molecule has 2 N–H and O–H groups in total. The zero-order valence-corrected chi connectivity index (χ0v) is 14.1. The van der Waals surface area contributed by atoms with Crippen molar-refractivity contribution in [2.75, 3.05) is 5.32 Å². The summed E-state index contributed by atoms with van der Waals surface area (Å²) in [6.45, 7) is 2.15.